The highest BCUT2D eigenvalue weighted by atomic mass is 15.3. The van der Waals surface area contributed by atoms with E-state index in [9.17, 15) is 0 Å². The highest BCUT2D eigenvalue weighted by Gasteiger charge is 2.18. The van der Waals surface area contributed by atoms with Crippen molar-refractivity contribution in [2.24, 2.45) is 0 Å². The van der Waals surface area contributed by atoms with Gasteiger partial charge in [0, 0.05) is 44.5 Å². The molecule has 0 amide bonds. The molecule has 4 nitrogen and oxygen atoms in total. The van der Waals surface area contributed by atoms with Gasteiger partial charge in [0.1, 0.15) is 11.6 Å². The first kappa shape index (κ1) is 15.6. The zero-order valence-electron chi connectivity index (χ0n) is 14.3. The molecule has 4 heteroatoms. The minimum absolute atomic E-state index is 0.776. The maximum Gasteiger partial charge on any atom is 0.135 e. The van der Waals surface area contributed by atoms with Gasteiger partial charge in [0.2, 0.25) is 0 Å². The topological polar surface area (TPSA) is 32.3 Å². The fourth-order valence-electron chi connectivity index (χ4n) is 3.26. The van der Waals surface area contributed by atoms with Crippen LogP contribution in [0.4, 0.5) is 11.5 Å². The van der Waals surface area contributed by atoms with Gasteiger partial charge < -0.3 is 9.80 Å². The summed E-state index contributed by atoms with van der Waals surface area (Å²) in [6.07, 6.45) is 2.66. The zero-order chi connectivity index (χ0) is 16.9. The summed E-state index contributed by atoms with van der Waals surface area (Å²) in [6, 6.07) is 23.0. The molecule has 3 aromatic rings. The molecule has 25 heavy (non-hydrogen) atoms. The van der Waals surface area contributed by atoms with Crippen LogP contribution in [0.5, 0.6) is 0 Å². The van der Waals surface area contributed by atoms with Crippen molar-refractivity contribution in [2.45, 2.75) is 6.42 Å². The first-order valence-electron chi connectivity index (χ1n) is 8.79. The SMILES string of the molecule is c1ccc(Cc2nccc(N3CCN(c4ccccc4)CC3)n2)cc1. The third-order valence-corrected chi connectivity index (χ3v) is 4.62. The molecule has 0 unspecified atom stereocenters. The monoisotopic (exact) mass is 330 g/mol. The third-order valence-electron chi connectivity index (χ3n) is 4.62. The number of rotatable bonds is 4. The van der Waals surface area contributed by atoms with Crippen LogP contribution in [0.15, 0.2) is 72.9 Å². The molecular weight excluding hydrogens is 308 g/mol. The second-order valence-electron chi connectivity index (χ2n) is 6.30. The van der Waals surface area contributed by atoms with E-state index in [1.807, 2.05) is 18.3 Å². The number of aromatic nitrogens is 2. The van der Waals surface area contributed by atoms with Crippen LogP contribution in [0, 0.1) is 0 Å². The predicted molar refractivity (Wildman–Crippen MR) is 102 cm³/mol. The smallest absolute Gasteiger partial charge is 0.135 e. The van der Waals surface area contributed by atoms with Crippen LogP contribution in [0.3, 0.4) is 0 Å². The Morgan fingerprint density at radius 2 is 1.36 bits per heavy atom. The number of benzene rings is 2. The number of hydrogen-bond acceptors (Lipinski definition) is 4. The Labute approximate surface area is 148 Å². The molecule has 4 rings (SSSR count). The highest BCUT2D eigenvalue weighted by Crippen LogP contribution is 2.19. The van der Waals surface area contributed by atoms with Crippen LogP contribution in [0.2, 0.25) is 0 Å². The predicted octanol–water partition coefficient (Wildman–Crippen LogP) is 3.39. The van der Waals surface area contributed by atoms with E-state index < -0.39 is 0 Å². The van der Waals surface area contributed by atoms with Crippen molar-refractivity contribution in [1.29, 1.82) is 0 Å². The lowest BCUT2D eigenvalue weighted by Crippen LogP contribution is -2.46. The summed E-state index contributed by atoms with van der Waals surface area (Å²) in [4.78, 5) is 14.0. The second-order valence-corrected chi connectivity index (χ2v) is 6.30. The standard InChI is InChI=1S/C21H22N4/c1-3-7-18(8-4-1)17-20-22-12-11-21(23-20)25-15-13-24(14-16-25)19-9-5-2-6-10-19/h1-12H,13-17H2. The van der Waals surface area contributed by atoms with Gasteiger partial charge in [-0.05, 0) is 23.8 Å². The Kier molecular flexibility index (Phi) is 4.59. The molecule has 1 aliphatic rings. The molecule has 0 bridgehead atoms. The lowest BCUT2D eigenvalue weighted by Gasteiger charge is -2.36. The van der Waals surface area contributed by atoms with Crippen LogP contribution in [0.1, 0.15) is 11.4 Å². The molecule has 1 aromatic heterocycles. The first-order chi connectivity index (χ1) is 12.4. The summed E-state index contributed by atoms with van der Waals surface area (Å²) in [6.45, 7) is 4.00. The Balaban J connectivity index is 1.42. The fourth-order valence-corrected chi connectivity index (χ4v) is 3.26. The third kappa shape index (κ3) is 3.79. The van der Waals surface area contributed by atoms with Gasteiger partial charge in [-0.15, -0.1) is 0 Å². The summed E-state index contributed by atoms with van der Waals surface area (Å²) in [5.74, 6) is 1.92. The molecule has 0 spiro atoms. The van der Waals surface area contributed by atoms with E-state index >= 15 is 0 Å². The van der Waals surface area contributed by atoms with Gasteiger partial charge in [-0.2, -0.15) is 0 Å². The molecule has 1 fully saturated rings. The van der Waals surface area contributed by atoms with Crippen molar-refractivity contribution < 1.29 is 0 Å². The summed E-state index contributed by atoms with van der Waals surface area (Å²) in [7, 11) is 0. The van der Waals surface area contributed by atoms with Crippen molar-refractivity contribution >= 4 is 11.5 Å². The highest BCUT2D eigenvalue weighted by molar-refractivity contribution is 5.49. The number of hydrogen-bond donors (Lipinski definition) is 0. The van der Waals surface area contributed by atoms with E-state index in [-0.39, 0.29) is 0 Å². The van der Waals surface area contributed by atoms with E-state index in [1.165, 1.54) is 11.3 Å². The minimum atomic E-state index is 0.776. The molecule has 0 radical (unpaired) electrons. The first-order valence-corrected chi connectivity index (χ1v) is 8.79. The summed E-state index contributed by atoms with van der Waals surface area (Å²) < 4.78 is 0. The number of para-hydroxylation sites is 1. The molecule has 1 saturated heterocycles. The van der Waals surface area contributed by atoms with Crippen molar-refractivity contribution in [3.8, 4) is 0 Å². The fraction of sp³-hybridized carbons (Fsp3) is 0.238. The van der Waals surface area contributed by atoms with Crippen LogP contribution in [-0.2, 0) is 6.42 Å². The molecule has 0 atom stereocenters. The van der Waals surface area contributed by atoms with Crippen molar-refractivity contribution in [3.05, 3.63) is 84.3 Å². The lowest BCUT2D eigenvalue weighted by atomic mass is 10.1. The van der Waals surface area contributed by atoms with E-state index in [0.29, 0.717) is 0 Å². The van der Waals surface area contributed by atoms with Gasteiger partial charge in [-0.1, -0.05) is 48.5 Å². The largest absolute Gasteiger partial charge is 0.368 e. The number of nitrogens with zero attached hydrogens (tertiary/aromatic N) is 4. The van der Waals surface area contributed by atoms with E-state index in [0.717, 1.165) is 44.2 Å². The molecule has 0 N–H and O–H groups in total. The van der Waals surface area contributed by atoms with Gasteiger partial charge in [-0.3, -0.25) is 0 Å². The molecule has 1 aliphatic heterocycles. The second kappa shape index (κ2) is 7.34. The summed E-state index contributed by atoms with van der Waals surface area (Å²) in [5, 5.41) is 0. The van der Waals surface area contributed by atoms with E-state index in [2.05, 4.69) is 69.4 Å². The maximum atomic E-state index is 4.79. The average molecular weight is 330 g/mol. The van der Waals surface area contributed by atoms with Gasteiger partial charge in [0.15, 0.2) is 0 Å². The van der Waals surface area contributed by atoms with Gasteiger partial charge in [-0.25, -0.2) is 9.97 Å². The molecular formula is C21H22N4. The van der Waals surface area contributed by atoms with Gasteiger partial charge >= 0.3 is 0 Å². The normalized spacial score (nSPS) is 14.6. The Hall–Kier alpha value is -2.88. The van der Waals surface area contributed by atoms with Gasteiger partial charge in [0.25, 0.3) is 0 Å². The average Bonchev–Trinajstić information content (AvgIpc) is 2.70. The van der Waals surface area contributed by atoms with Crippen molar-refractivity contribution in [1.82, 2.24) is 9.97 Å². The van der Waals surface area contributed by atoms with Crippen LogP contribution in [-0.4, -0.2) is 36.1 Å². The van der Waals surface area contributed by atoms with Crippen LogP contribution < -0.4 is 9.80 Å². The maximum absolute atomic E-state index is 4.79. The molecule has 2 heterocycles. The molecule has 0 aliphatic carbocycles. The Bertz CT molecular complexity index is 796. The zero-order valence-corrected chi connectivity index (χ0v) is 14.3. The molecule has 0 saturated carbocycles. The Morgan fingerprint density at radius 3 is 2.08 bits per heavy atom. The van der Waals surface area contributed by atoms with Crippen molar-refractivity contribution in [2.75, 3.05) is 36.0 Å². The van der Waals surface area contributed by atoms with Crippen LogP contribution >= 0.6 is 0 Å². The quantitative estimate of drug-likeness (QED) is 0.734. The van der Waals surface area contributed by atoms with E-state index in [1.54, 1.807) is 0 Å². The van der Waals surface area contributed by atoms with Crippen LogP contribution in [0.25, 0.3) is 0 Å². The van der Waals surface area contributed by atoms with Gasteiger partial charge in [0.05, 0.1) is 0 Å². The number of piperazine rings is 1. The molecule has 126 valence electrons. The molecule has 2 aromatic carbocycles. The summed E-state index contributed by atoms with van der Waals surface area (Å²) >= 11 is 0. The van der Waals surface area contributed by atoms with E-state index in [4.69, 9.17) is 4.98 Å². The Morgan fingerprint density at radius 1 is 0.720 bits per heavy atom. The van der Waals surface area contributed by atoms with Crippen molar-refractivity contribution in [3.63, 3.8) is 0 Å². The minimum Gasteiger partial charge on any atom is -0.368 e. The summed E-state index contributed by atoms with van der Waals surface area (Å²) in [5.41, 5.74) is 2.54. The number of anilines is 2. The lowest BCUT2D eigenvalue weighted by molar-refractivity contribution is 0.645.